The van der Waals surface area contributed by atoms with Crippen molar-refractivity contribution < 1.29 is 19.1 Å². The van der Waals surface area contributed by atoms with Gasteiger partial charge in [0.25, 0.3) is 0 Å². The SMILES string of the molecule is CCOC(=O)Nc1ccc(NC(=O)[C@@H]2CCC(=O)C2)cc1. The third-order valence-electron chi connectivity index (χ3n) is 3.29. The van der Waals surface area contributed by atoms with Crippen LogP contribution >= 0.6 is 0 Å². The van der Waals surface area contributed by atoms with E-state index in [2.05, 4.69) is 10.6 Å². The van der Waals surface area contributed by atoms with Crippen LogP contribution in [0.5, 0.6) is 0 Å². The van der Waals surface area contributed by atoms with Crippen molar-refractivity contribution in [2.24, 2.45) is 5.92 Å². The molecule has 0 heterocycles. The van der Waals surface area contributed by atoms with Gasteiger partial charge in [0.2, 0.25) is 5.91 Å². The monoisotopic (exact) mass is 290 g/mol. The second kappa shape index (κ2) is 6.88. The van der Waals surface area contributed by atoms with Gasteiger partial charge in [0.05, 0.1) is 6.61 Å². The highest BCUT2D eigenvalue weighted by molar-refractivity contribution is 5.97. The lowest BCUT2D eigenvalue weighted by atomic mass is 10.1. The van der Waals surface area contributed by atoms with Crippen LogP contribution < -0.4 is 10.6 Å². The number of rotatable bonds is 4. The molecule has 0 saturated heterocycles. The maximum Gasteiger partial charge on any atom is 0.411 e. The van der Waals surface area contributed by atoms with E-state index in [-0.39, 0.29) is 17.6 Å². The largest absolute Gasteiger partial charge is 0.450 e. The summed E-state index contributed by atoms with van der Waals surface area (Å²) in [6.45, 7) is 2.03. The van der Waals surface area contributed by atoms with Gasteiger partial charge in [-0.25, -0.2) is 4.79 Å². The van der Waals surface area contributed by atoms with Crippen LogP contribution in [0.25, 0.3) is 0 Å². The van der Waals surface area contributed by atoms with E-state index in [9.17, 15) is 14.4 Å². The first-order valence-electron chi connectivity index (χ1n) is 6.95. The van der Waals surface area contributed by atoms with Crippen molar-refractivity contribution >= 4 is 29.2 Å². The fraction of sp³-hybridized carbons (Fsp3) is 0.400. The first-order chi connectivity index (χ1) is 10.1. The van der Waals surface area contributed by atoms with Gasteiger partial charge in [-0.3, -0.25) is 14.9 Å². The van der Waals surface area contributed by atoms with Gasteiger partial charge in [0.15, 0.2) is 0 Å². The Morgan fingerprint density at radius 1 is 1.19 bits per heavy atom. The van der Waals surface area contributed by atoms with E-state index < -0.39 is 6.09 Å². The first-order valence-corrected chi connectivity index (χ1v) is 6.95. The summed E-state index contributed by atoms with van der Waals surface area (Å²) in [7, 11) is 0. The summed E-state index contributed by atoms with van der Waals surface area (Å²) < 4.78 is 4.77. The molecule has 1 aromatic rings. The summed E-state index contributed by atoms with van der Waals surface area (Å²) in [6.07, 6.45) is 0.917. The van der Waals surface area contributed by atoms with Gasteiger partial charge in [0, 0.05) is 30.1 Å². The Morgan fingerprint density at radius 3 is 2.33 bits per heavy atom. The van der Waals surface area contributed by atoms with E-state index >= 15 is 0 Å². The van der Waals surface area contributed by atoms with Crippen LogP contribution in [0.15, 0.2) is 24.3 Å². The standard InChI is InChI=1S/C15H18N2O4/c1-2-21-15(20)17-12-6-4-11(5-7-12)16-14(19)10-3-8-13(18)9-10/h4-7,10H,2-3,8-9H2,1H3,(H,16,19)(H,17,20)/t10-/m1/s1. The topological polar surface area (TPSA) is 84.5 Å². The molecule has 1 saturated carbocycles. The molecular weight excluding hydrogens is 272 g/mol. The van der Waals surface area contributed by atoms with Crippen LogP contribution in [-0.4, -0.2) is 24.4 Å². The molecule has 2 amide bonds. The Balaban J connectivity index is 1.88. The Hall–Kier alpha value is -2.37. The maximum absolute atomic E-state index is 12.0. The van der Waals surface area contributed by atoms with Gasteiger partial charge in [-0.05, 0) is 37.6 Å². The molecule has 1 aliphatic carbocycles. The van der Waals surface area contributed by atoms with Crippen molar-refractivity contribution in [2.45, 2.75) is 26.2 Å². The highest BCUT2D eigenvalue weighted by Gasteiger charge is 2.28. The average Bonchev–Trinajstić information content (AvgIpc) is 2.88. The van der Waals surface area contributed by atoms with Gasteiger partial charge < -0.3 is 10.1 Å². The van der Waals surface area contributed by atoms with Crippen molar-refractivity contribution in [3.8, 4) is 0 Å². The molecule has 0 spiro atoms. The number of benzene rings is 1. The molecule has 1 fully saturated rings. The number of carbonyl (C=O) groups is 3. The van der Waals surface area contributed by atoms with Crippen molar-refractivity contribution in [3.63, 3.8) is 0 Å². The Morgan fingerprint density at radius 2 is 1.81 bits per heavy atom. The number of carbonyl (C=O) groups excluding carboxylic acids is 3. The van der Waals surface area contributed by atoms with E-state index in [1.807, 2.05) is 0 Å². The van der Waals surface area contributed by atoms with Crippen LogP contribution in [0, 0.1) is 5.92 Å². The van der Waals surface area contributed by atoms with Crippen LogP contribution in [0.1, 0.15) is 26.2 Å². The second-order valence-corrected chi connectivity index (χ2v) is 4.89. The molecule has 2 rings (SSSR count). The fourth-order valence-corrected chi connectivity index (χ4v) is 2.20. The summed E-state index contributed by atoms with van der Waals surface area (Å²) in [5, 5.41) is 5.34. The molecule has 2 N–H and O–H groups in total. The smallest absolute Gasteiger partial charge is 0.411 e. The summed E-state index contributed by atoms with van der Waals surface area (Å²) in [5.41, 5.74) is 1.22. The third-order valence-corrected chi connectivity index (χ3v) is 3.29. The van der Waals surface area contributed by atoms with Crippen LogP contribution in [0.4, 0.5) is 16.2 Å². The van der Waals surface area contributed by atoms with Crippen molar-refractivity contribution in [3.05, 3.63) is 24.3 Å². The van der Waals surface area contributed by atoms with Gasteiger partial charge in [0.1, 0.15) is 5.78 Å². The van der Waals surface area contributed by atoms with Gasteiger partial charge in [-0.2, -0.15) is 0 Å². The Kier molecular flexibility index (Phi) is 4.92. The number of ketones is 1. The molecule has 0 aliphatic heterocycles. The van der Waals surface area contributed by atoms with Crippen molar-refractivity contribution in [1.82, 2.24) is 0 Å². The predicted octanol–water partition coefficient (Wildman–Crippen LogP) is 2.56. The third kappa shape index (κ3) is 4.30. The maximum atomic E-state index is 12.0. The molecule has 6 nitrogen and oxygen atoms in total. The number of ether oxygens (including phenoxy) is 1. The average molecular weight is 290 g/mol. The summed E-state index contributed by atoms with van der Waals surface area (Å²) in [6, 6.07) is 6.73. The lowest BCUT2D eigenvalue weighted by molar-refractivity contribution is -0.122. The summed E-state index contributed by atoms with van der Waals surface area (Å²) >= 11 is 0. The van der Waals surface area contributed by atoms with E-state index in [1.165, 1.54) is 0 Å². The molecule has 0 radical (unpaired) electrons. The van der Waals surface area contributed by atoms with E-state index in [0.717, 1.165) is 0 Å². The summed E-state index contributed by atoms with van der Waals surface area (Å²) in [5.74, 6) is -0.217. The zero-order chi connectivity index (χ0) is 15.2. The number of amides is 2. The highest BCUT2D eigenvalue weighted by Crippen LogP contribution is 2.24. The minimum absolute atomic E-state index is 0.132. The van der Waals surface area contributed by atoms with Crippen LogP contribution in [-0.2, 0) is 14.3 Å². The highest BCUT2D eigenvalue weighted by atomic mass is 16.5. The minimum atomic E-state index is -0.515. The molecule has 1 aliphatic rings. The number of hydrogen-bond acceptors (Lipinski definition) is 4. The quantitative estimate of drug-likeness (QED) is 0.892. The van der Waals surface area contributed by atoms with Crippen molar-refractivity contribution in [1.29, 1.82) is 0 Å². The number of anilines is 2. The van der Waals surface area contributed by atoms with Gasteiger partial charge >= 0.3 is 6.09 Å². The number of Topliss-reactive ketones (excluding diaryl/α,β-unsaturated/α-hetero) is 1. The summed E-state index contributed by atoms with van der Waals surface area (Å²) in [4.78, 5) is 34.4. The molecular formula is C15H18N2O4. The zero-order valence-electron chi connectivity index (χ0n) is 11.8. The van der Waals surface area contributed by atoms with E-state index in [0.29, 0.717) is 37.2 Å². The number of nitrogens with one attached hydrogen (secondary N) is 2. The molecule has 1 atom stereocenters. The minimum Gasteiger partial charge on any atom is -0.450 e. The van der Waals surface area contributed by atoms with Crippen molar-refractivity contribution in [2.75, 3.05) is 17.2 Å². The molecule has 6 heteroatoms. The normalized spacial score (nSPS) is 17.4. The van der Waals surface area contributed by atoms with Crippen LogP contribution in [0.3, 0.4) is 0 Å². The molecule has 0 aromatic heterocycles. The van der Waals surface area contributed by atoms with Gasteiger partial charge in [-0.15, -0.1) is 0 Å². The number of hydrogen-bond donors (Lipinski definition) is 2. The first kappa shape index (κ1) is 15.0. The second-order valence-electron chi connectivity index (χ2n) is 4.89. The molecule has 1 aromatic carbocycles. The zero-order valence-corrected chi connectivity index (χ0v) is 11.8. The van der Waals surface area contributed by atoms with Crippen LogP contribution in [0.2, 0.25) is 0 Å². The van der Waals surface area contributed by atoms with Gasteiger partial charge in [-0.1, -0.05) is 0 Å². The Labute approximate surface area is 122 Å². The molecule has 0 bridgehead atoms. The van der Waals surface area contributed by atoms with E-state index in [1.54, 1.807) is 31.2 Å². The molecule has 0 unspecified atom stereocenters. The fourth-order valence-electron chi connectivity index (χ4n) is 2.20. The predicted molar refractivity (Wildman–Crippen MR) is 78.1 cm³/mol. The lowest BCUT2D eigenvalue weighted by Crippen LogP contribution is -2.20. The molecule has 112 valence electrons. The Bertz CT molecular complexity index is 539. The lowest BCUT2D eigenvalue weighted by Gasteiger charge is -2.10. The molecule has 21 heavy (non-hydrogen) atoms. The van der Waals surface area contributed by atoms with E-state index in [4.69, 9.17) is 4.74 Å².